The molecule has 3 aromatic rings. The summed E-state index contributed by atoms with van der Waals surface area (Å²) >= 11 is 1.59. The second-order valence-electron chi connectivity index (χ2n) is 6.68. The van der Waals surface area contributed by atoms with Crippen LogP contribution in [0.3, 0.4) is 0 Å². The largest absolute Gasteiger partial charge is 0.339 e. The quantitative estimate of drug-likeness (QED) is 0.656. The average Bonchev–Trinajstić information content (AvgIpc) is 3.38. The van der Waals surface area contributed by atoms with E-state index in [1.807, 2.05) is 53.6 Å². The molecule has 0 radical (unpaired) electrons. The fourth-order valence-corrected chi connectivity index (χ4v) is 4.38. The van der Waals surface area contributed by atoms with Gasteiger partial charge in [-0.15, -0.1) is 11.3 Å². The molecule has 5 heteroatoms. The molecule has 1 aromatic heterocycles. The molecule has 0 N–H and O–H groups in total. The molecule has 0 bridgehead atoms. The Kier molecular flexibility index (Phi) is 4.74. The highest BCUT2D eigenvalue weighted by Crippen LogP contribution is 2.36. The van der Waals surface area contributed by atoms with E-state index in [0.29, 0.717) is 11.1 Å². The predicted molar refractivity (Wildman–Crippen MR) is 108 cm³/mol. The molecule has 0 unspecified atom stereocenters. The Hall–Kier alpha value is -2.97. The highest BCUT2D eigenvalue weighted by Gasteiger charge is 2.24. The van der Waals surface area contributed by atoms with Crippen LogP contribution in [-0.2, 0) is 0 Å². The second kappa shape index (κ2) is 7.34. The smallest absolute Gasteiger partial charge is 0.255 e. The SMILES string of the molecule is Cc1csc(-c2ccccc2-c2cccc(C(=O)N3CCCC3)c2C#N)n1. The summed E-state index contributed by atoms with van der Waals surface area (Å²) in [4.78, 5) is 19.4. The van der Waals surface area contributed by atoms with Crippen molar-refractivity contribution in [2.24, 2.45) is 0 Å². The van der Waals surface area contributed by atoms with Crippen molar-refractivity contribution in [1.82, 2.24) is 9.88 Å². The van der Waals surface area contributed by atoms with Crippen molar-refractivity contribution in [1.29, 1.82) is 5.26 Å². The molecule has 1 saturated heterocycles. The number of likely N-dealkylation sites (tertiary alicyclic amines) is 1. The Morgan fingerprint density at radius 1 is 1.07 bits per heavy atom. The normalized spacial score (nSPS) is 13.6. The molecule has 0 spiro atoms. The van der Waals surface area contributed by atoms with Gasteiger partial charge in [-0.2, -0.15) is 5.26 Å². The van der Waals surface area contributed by atoms with Gasteiger partial charge < -0.3 is 4.90 Å². The first kappa shape index (κ1) is 17.4. The fourth-order valence-electron chi connectivity index (χ4n) is 3.55. The van der Waals surface area contributed by atoms with E-state index < -0.39 is 0 Å². The van der Waals surface area contributed by atoms with Gasteiger partial charge in [-0.1, -0.05) is 36.4 Å². The molecule has 0 aliphatic carbocycles. The van der Waals surface area contributed by atoms with Gasteiger partial charge in [0, 0.05) is 35.3 Å². The van der Waals surface area contributed by atoms with Crippen molar-refractivity contribution < 1.29 is 4.79 Å². The number of carbonyl (C=O) groups excluding carboxylic acids is 1. The fraction of sp³-hybridized carbons (Fsp3) is 0.227. The van der Waals surface area contributed by atoms with E-state index in [1.54, 1.807) is 17.4 Å². The van der Waals surface area contributed by atoms with Gasteiger partial charge in [0.05, 0.1) is 11.1 Å². The van der Waals surface area contributed by atoms with Crippen molar-refractivity contribution in [2.75, 3.05) is 13.1 Å². The van der Waals surface area contributed by atoms with E-state index in [9.17, 15) is 10.1 Å². The number of hydrogen-bond acceptors (Lipinski definition) is 4. The van der Waals surface area contributed by atoms with Gasteiger partial charge >= 0.3 is 0 Å². The van der Waals surface area contributed by atoms with Crippen LogP contribution < -0.4 is 0 Å². The van der Waals surface area contributed by atoms with E-state index >= 15 is 0 Å². The van der Waals surface area contributed by atoms with Gasteiger partial charge in [0.2, 0.25) is 0 Å². The van der Waals surface area contributed by atoms with Crippen LogP contribution >= 0.6 is 11.3 Å². The minimum atomic E-state index is -0.0477. The molecule has 2 aromatic carbocycles. The van der Waals surface area contributed by atoms with Crippen LogP contribution in [0.1, 0.15) is 34.5 Å². The Bertz CT molecular complexity index is 1040. The highest BCUT2D eigenvalue weighted by atomic mass is 32.1. The zero-order chi connectivity index (χ0) is 18.8. The molecular weight excluding hydrogens is 354 g/mol. The van der Waals surface area contributed by atoms with E-state index in [0.717, 1.165) is 53.3 Å². The van der Waals surface area contributed by atoms with E-state index in [-0.39, 0.29) is 5.91 Å². The third kappa shape index (κ3) is 3.24. The predicted octanol–water partition coefficient (Wildman–Crippen LogP) is 4.89. The number of aryl methyl sites for hydroxylation is 1. The lowest BCUT2D eigenvalue weighted by molar-refractivity contribution is 0.0792. The van der Waals surface area contributed by atoms with Crippen LogP contribution in [0.25, 0.3) is 21.7 Å². The number of thiazole rings is 1. The molecule has 4 rings (SSSR count). The van der Waals surface area contributed by atoms with Crippen molar-refractivity contribution in [3.05, 3.63) is 64.7 Å². The number of hydrogen-bond donors (Lipinski definition) is 0. The number of benzene rings is 2. The number of nitriles is 1. The Balaban J connectivity index is 1.85. The zero-order valence-electron chi connectivity index (χ0n) is 15.1. The molecule has 1 fully saturated rings. The van der Waals surface area contributed by atoms with E-state index in [1.165, 1.54) is 0 Å². The first-order valence-electron chi connectivity index (χ1n) is 9.03. The Morgan fingerprint density at radius 2 is 1.78 bits per heavy atom. The summed E-state index contributed by atoms with van der Waals surface area (Å²) in [5.41, 5.74) is 4.60. The van der Waals surface area contributed by atoms with Crippen LogP contribution in [-0.4, -0.2) is 28.9 Å². The monoisotopic (exact) mass is 373 g/mol. The maximum Gasteiger partial charge on any atom is 0.255 e. The van der Waals surface area contributed by atoms with Crippen LogP contribution in [0.2, 0.25) is 0 Å². The number of aromatic nitrogens is 1. The average molecular weight is 373 g/mol. The lowest BCUT2D eigenvalue weighted by atomic mass is 9.92. The molecule has 4 nitrogen and oxygen atoms in total. The van der Waals surface area contributed by atoms with Gasteiger partial charge in [-0.05, 0) is 31.4 Å². The van der Waals surface area contributed by atoms with E-state index in [4.69, 9.17) is 0 Å². The summed E-state index contributed by atoms with van der Waals surface area (Å²) in [6, 6.07) is 15.8. The third-order valence-corrected chi connectivity index (χ3v) is 5.86. The minimum absolute atomic E-state index is 0.0477. The molecule has 1 aliphatic rings. The molecule has 0 atom stereocenters. The van der Waals surface area contributed by atoms with E-state index in [2.05, 4.69) is 11.1 Å². The molecule has 1 amide bonds. The first-order valence-corrected chi connectivity index (χ1v) is 9.91. The number of nitrogens with zero attached hydrogens (tertiary/aromatic N) is 3. The third-order valence-electron chi connectivity index (χ3n) is 4.87. The molecule has 27 heavy (non-hydrogen) atoms. The van der Waals surface area contributed by atoms with Gasteiger partial charge in [-0.3, -0.25) is 4.79 Å². The number of amides is 1. The maximum absolute atomic E-state index is 12.9. The summed E-state index contributed by atoms with van der Waals surface area (Å²) in [6.07, 6.45) is 2.05. The topological polar surface area (TPSA) is 57.0 Å². The Morgan fingerprint density at radius 3 is 2.44 bits per heavy atom. The standard InChI is InChI=1S/C22H19N3OS/c1-15-14-27-21(24-15)18-8-3-2-7-16(18)17-9-6-10-19(20(17)13-23)22(26)25-11-4-5-12-25/h2-3,6-10,14H,4-5,11-12H2,1H3. The van der Waals surface area contributed by atoms with Gasteiger partial charge in [-0.25, -0.2) is 4.98 Å². The zero-order valence-corrected chi connectivity index (χ0v) is 15.9. The second-order valence-corrected chi connectivity index (χ2v) is 7.54. The van der Waals surface area contributed by atoms with Gasteiger partial charge in [0.1, 0.15) is 11.1 Å². The highest BCUT2D eigenvalue weighted by molar-refractivity contribution is 7.13. The van der Waals surface area contributed by atoms with Gasteiger partial charge in [0.25, 0.3) is 5.91 Å². The first-order chi connectivity index (χ1) is 13.2. The molecule has 0 saturated carbocycles. The summed E-state index contributed by atoms with van der Waals surface area (Å²) in [7, 11) is 0. The van der Waals surface area contributed by atoms with Crippen molar-refractivity contribution in [3.8, 4) is 27.8 Å². The summed E-state index contributed by atoms with van der Waals surface area (Å²) in [5, 5.41) is 12.8. The van der Waals surface area contributed by atoms with Crippen molar-refractivity contribution >= 4 is 17.2 Å². The van der Waals surface area contributed by atoms with Crippen LogP contribution in [0.15, 0.2) is 47.8 Å². The minimum Gasteiger partial charge on any atom is -0.339 e. The van der Waals surface area contributed by atoms with Crippen LogP contribution in [0, 0.1) is 18.3 Å². The Labute approximate surface area is 162 Å². The molecule has 2 heterocycles. The van der Waals surface area contributed by atoms with Crippen molar-refractivity contribution in [2.45, 2.75) is 19.8 Å². The van der Waals surface area contributed by atoms with Gasteiger partial charge in [0.15, 0.2) is 0 Å². The molecule has 134 valence electrons. The molecular formula is C22H19N3OS. The van der Waals surface area contributed by atoms with Crippen molar-refractivity contribution in [3.63, 3.8) is 0 Å². The molecule has 1 aliphatic heterocycles. The number of carbonyl (C=O) groups is 1. The summed E-state index contributed by atoms with van der Waals surface area (Å²) in [6.45, 7) is 3.50. The number of rotatable bonds is 3. The van der Waals surface area contributed by atoms with Crippen LogP contribution in [0.4, 0.5) is 0 Å². The van der Waals surface area contributed by atoms with Crippen LogP contribution in [0.5, 0.6) is 0 Å². The summed E-state index contributed by atoms with van der Waals surface area (Å²) < 4.78 is 0. The lowest BCUT2D eigenvalue weighted by Gasteiger charge is -2.18. The maximum atomic E-state index is 12.9. The summed E-state index contributed by atoms with van der Waals surface area (Å²) in [5.74, 6) is -0.0477. The lowest BCUT2D eigenvalue weighted by Crippen LogP contribution is -2.28.